The lowest BCUT2D eigenvalue weighted by atomic mass is 10.4. The van der Waals surface area contributed by atoms with Crippen LogP contribution in [0.5, 0.6) is 0 Å². The van der Waals surface area contributed by atoms with Gasteiger partial charge >= 0.3 is 5.97 Å². The zero-order valence-corrected chi connectivity index (χ0v) is 11.8. The first kappa shape index (κ1) is 13.8. The molecule has 2 rings (SSSR count). The SMILES string of the molecule is CSc1cc(NCCc2nc(C(=O)O)cs2)ncn1. The van der Waals surface area contributed by atoms with Crippen LogP contribution in [0.25, 0.3) is 0 Å². The molecule has 0 amide bonds. The van der Waals surface area contributed by atoms with Crippen molar-refractivity contribution in [2.75, 3.05) is 18.1 Å². The predicted octanol–water partition coefficient (Wildman–Crippen LogP) is 2.01. The maximum absolute atomic E-state index is 10.7. The molecule has 6 nitrogen and oxygen atoms in total. The number of aromatic nitrogens is 3. The minimum Gasteiger partial charge on any atom is -0.476 e. The second kappa shape index (κ2) is 6.48. The largest absolute Gasteiger partial charge is 0.476 e. The number of nitrogens with one attached hydrogen (secondary N) is 1. The standard InChI is InChI=1S/C11H12N4O2S2/c1-18-10-4-8(13-6-14-10)12-3-2-9-15-7(5-19-9)11(16)17/h4-6H,2-3H2,1H3,(H,16,17)(H,12,13,14). The summed E-state index contributed by atoms with van der Waals surface area (Å²) in [4.78, 5) is 22.9. The Balaban J connectivity index is 1.86. The molecule has 0 aromatic carbocycles. The van der Waals surface area contributed by atoms with Crippen molar-refractivity contribution in [2.45, 2.75) is 11.4 Å². The summed E-state index contributed by atoms with van der Waals surface area (Å²) in [6, 6.07) is 1.87. The predicted molar refractivity (Wildman–Crippen MR) is 75.1 cm³/mol. The van der Waals surface area contributed by atoms with Crippen molar-refractivity contribution in [3.05, 3.63) is 28.5 Å². The molecule has 0 atom stereocenters. The second-order valence-electron chi connectivity index (χ2n) is 3.55. The van der Waals surface area contributed by atoms with E-state index in [0.29, 0.717) is 13.0 Å². The molecule has 0 unspecified atom stereocenters. The van der Waals surface area contributed by atoms with Crippen LogP contribution in [-0.2, 0) is 6.42 Å². The van der Waals surface area contributed by atoms with Gasteiger partial charge in [-0.25, -0.2) is 19.7 Å². The van der Waals surface area contributed by atoms with E-state index in [2.05, 4.69) is 20.3 Å². The Kier molecular flexibility index (Phi) is 4.69. The number of carboxylic acids is 1. The molecule has 0 spiro atoms. The fraction of sp³-hybridized carbons (Fsp3) is 0.273. The summed E-state index contributed by atoms with van der Waals surface area (Å²) in [5.74, 6) is -0.231. The van der Waals surface area contributed by atoms with Gasteiger partial charge in [-0.3, -0.25) is 0 Å². The number of hydrogen-bond acceptors (Lipinski definition) is 7. The van der Waals surface area contributed by atoms with Gasteiger partial charge < -0.3 is 10.4 Å². The summed E-state index contributed by atoms with van der Waals surface area (Å²) >= 11 is 2.90. The zero-order chi connectivity index (χ0) is 13.7. The van der Waals surface area contributed by atoms with E-state index in [4.69, 9.17) is 5.11 Å². The Morgan fingerprint density at radius 2 is 2.37 bits per heavy atom. The van der Waals surface area contributed by atoms with Crippen LogP contribution in [0.1, 0.15) is 15.5 Å². The minimum absolute atomic E-state index is 0.103. The van der Waals surface area contributed by atoms with E-state index in [-0.39, 0.29) is 5.69 Å². The molecule has 2 N–H and O–H groups in total. The van der Waals surface area contributed by atoms with Gasteiger partial charge in [0.2, 0.25) is 0 Å². The molecule has 100 valence electrons. The van der Waals surface area contributed by atoms with Crippen LogP contribution in [-0.4, -0.2) is 38.8 Å². The summed E-state index contributed by atoms with van der Waals surface area (Å²) < 4.78 is 0. The number of rotatable bonds is 6. The van der Waals surface area contributed by atoms with Crippen LogP contribution in [0.2, 0.25) is 0 Å². The third-order valence-electron chi connectivity index (χ3n) is 2.27. The second-order valence-corrected chi connectivity index (χ2v) is 5.32. The van der Waals surface area contributed by atoms with Gasteiger partial charge in [-0.05, 0) is 6.26 Å². The Labute approximate surface area is 118 Å². The quantitative estimate of drug-likeness (QED) is 0.622. The van der Waals surface area contributed by atoms with Crippen molar-refractivity contribution < 1.29 is 9.90 Å². The molecule has 0 aliphatic carbocycles. The van der Waals surface area contributed by atoms with Crippen molar-refractivity contribution >= 4 is 34.9 Å². The van der Waals surface area contributed by atoms with Crippen LogP contribution < -0.4 is 5.32 Å². The summed E-state index contributed by atoms with van der Waals surface area (Å²) in [5.41, 5.74) is 0.103. The molecule has 0 bridgehead atoms. The molecule has 0 saturated heterocycles. The van der Waals surface area contributed by atoms with Crippen LogP contribution in [0, 0.1) is 0 Å². The van der Waals surface area contributed by atoms with Crippen LogP contribution >= 0.6 is 23.1 Å². The number of carboxylic acid groups (broad SMARTS) is 1. The molecular weight excluding hydrogens is 284 g/mol. The summed E-state index contributed by atoms with van der Waals surface area (Å²) in [6.45, 7) is 0.650. The maximum Gasteiger partial charge on any atom is 0.355 e. The van der Waals surface area contributed by atoms with Crippen LogP contribution in [0.4, 0.5) is 5.82 Å². The maximum atomic E-state index is 10.7. The molecule has 0 aliphatic rings. The van der Waals surface area contributed by atoms with Gasteiger partial charge in [0.1, 0.15) is 17.2 Å². The van der Waals surface area contributed by atoms with Gasteiger partial charge in [-0.15, -0.1) is 23.1 Å². The first-order valence-corrected chi connectivity index (χ1v) is 7.57. The van der Waals surface area contributed by atoms with Crippen LogP contribution in [0.3, 0.4) is 0 Å². The molecule has 19 heavy (non-hydrogen) atoms. The minimum atomic E-state index is -0.990. The molecule has 2 aromatic heterocycles. The number of thiazole rings is 1. The Morgan fingerprint density at radius 3 is 3.05 bits per heavy atom. The highest BCUT2D eigenvalue weighted by molar-refractivity contribution is 7.98. The third-order valence-corrected chi connectivity index (χ3v) is 3.82. The molecular formula is C11H12N4O2S2. The van der Waals surface area contributed by atoms with Crippen LogP contribution in [0.15, 0.2) is 22.8 Å². The monoisotopic (exact) mass is 296 g/mol. The van der Waals surface area contributed by atoms with Gasteiger partial charge in [0.25, 0.3) is 0 Å². The van der Waals surface area contributed by atoms with E-state index >= 15 is 0 Å². The number of aromatic carboxylic acids is 1. The first-order valence-electron chi connectivity index (χ1n) is 5.46. The highest BCUT2D eigenvalue weighted by Gasteiger charge is 2.08. The van der Waals surface area contributed by atoms with E-state index < -0.39 is 5.97 Å². The molecule has 0 saturated carbocycles. The van der Waals surface area contributed by atoms with E-state index in [1.807, 2.05) is 12.3 Å². The van der Waals surface area contributed by atoms with Gasteiger partial charge in [-0.1, -0.05) is 0 Å². The number of nitrogens with zero attached hydrogens (tertiary/aromatic N) is 3. The van der Waals surface area contributed by atoms with Gasteiger partial charge in [-0.2, -0.15) is 0 Å². The average Bonchev–Trinajstić information content (AvgIpc) is 2.88. The van der Waals surface area contributed by atoms with E-state index in [0.717, 1.165) is 15.9 Å². The summed E-state index contributed by atoms with van der Waals surface area (Å²) in [6.07, 6.45) is 4.13. The summed E-state index contributed by atoms with van der Waals surface area (Å²) in [7, 11) is 0. The molecule has 0 aliphatic heterocycles. The molecule has 2 aromatic rings. The number of anilines is 1. The molecule has 0 fully saturated rings. The van der Waals surface area contributed by atoms with Crippen molar-refractivity contribution in [3.63, 3.8) is 0 Å². The van der Waals surface area contributed by atoms with E-state index in [9.17, 15) is 4.79 Å². The Hall–Kier alpha value is -1.67. The highest BCUT2D eigenvalue weighted by Crippen LogP contribution is 2.14. The topological polar surface area (TPSA) is 88.0 Å². The summed E-state index contributed by atoms with van der Waals surface area (Å²) in [5, 5.41) is 15.2. The molecule has 0 radical (unpaired) electrons. The van der Waals surface area contributed by atoms with Crippen molar-refractivity contribution in [1.29, 1.82) is 0 Å². The lowest BCUT2D eigenvalue weighted by molar-refractivity contribution is 0.0691. The lowest BCUT2D eigenvalue weighted by Crippen LogP contribution is -2.07. The normalized spacial score (nSPS) is 10.4. The highest BCUT2D eigenvalue weighted by atomic mass is 32.2. The van der Waals surface area contributed by atoms with Crippen molar-refractivity contribution in [2.24, 2.45) is 0 Å². The fourth-order valence-corrected chi connectivity index (χ4v) is 2.52. The van der Waals surface area contributed by atoms with E-state index in [1.54, 1.807) is 17.1 Å². The Bertz CT molecular complexity index is 573. The van der Waals surface area contributed by atoms with Gasteiger partial charge in [0.15, 0.2) is 5.69 Å². The smallest absolute Gasteiger partial charge is 0.355 e. The third kappa shape index (κ3) is 3.90. The van der Waals surface area contributed by atoms with Crippen molar-refractivity contribution in [3.8, 4) is 0 Å². The molecule has 2 heterocycles. The fourth-order valence-electron chi connectivity index (χ4n) is 1.37. The lowest BCUT2D eigenvalue weighted by Gasteiger charge is -2.04. The zero-order valence-electron chi connectivity index (χ0n) is 10.2. The van der Waals surface area contributed by atoms with Gasteiger partial charge in [0.05, 0.1) is 5.01 Å². The Morgan fingerprint density at radius 1 is 1.53 bits per heavy atom. The number of hydrogen-bond donors (Lipinski definition) is 2. The number of thioether (sulfide) groups is 1. The average molecular weight is 296 g/mol. The number of carbonyl (C=O) groups is 1. The molecule has 8 heteroatoms. The van der Waals surface area contributed by atoms with Gasteiger partial charge in [0, 0.05) is 24.4 Å². The van der Waals surface area contributed by atoms with Crippen molar-refractivity contribution in [1.82, 2.24) is 15.0 Å². The first-order chi connectivity index (χ1) is 9.19. The van der Waals surface area contributed by atoms with E-state index in [1.165, 1.54) is 17.7 Å².